The Bertz CT molecular complexity index is 1380. The molecule has 0 aliphatic heterocycles. The molecule has 0 spiro atoms. The van der Waals surface area contributed by atoms with Gasteiger partial charge in [0.25, 0.3) is 0 Å². The van der Waals surface area contributed by atoms with Crippen LogP contribution in [0.1, 0.15) is 36.5 Å². The zero-order chi connectivity index (χ0) is 28.8. The Hall–Kier alpha value is -3.26. The molecule has 6 nitrogen and oxygen atoms in total. The smallest absolute Gasteiger partial charge is 0.307 e. The number of fused-ring (bicyclic) bond motifs is 3. The molecule has 7 heteroatoms. The third kappa shape index (κ3) is 5.38. The number of rotatable bonds is 10. The molecule has 0 heterocycles. The predicted molar refractivity (Wildman–Crippen MR) is 150 cm³/mol. The van der Waals surface area contributed by atoms with Gasteiger partial charge in [-0.3, -0.25) is 4.79 Å². The van der Waals surface area contributed by atoms with Crippen molar-refractivity contribution in [2.45, 2.75) is 46.3 Å². The first-order valence-corrected chi connectivity index (χ1v) is 13.7. The van der Waals surface area contributed by atoms with Crippen LogP contribution in [0.15, 0.2) is 65.8 Å². The van der Waals surface area contributed by atoms with Crippen LogP contribution < -0.4 is 4.74 Å². The summed E-state index contributed by atoms with van der Waals surface area (Å²) in [5.74, 6) is -0.428. The SMILES string of the molecule is C=C1CC=C2C(=CC1OCc1cc(-c3c(C)cc(OCC(C)(CO)CO)cc3C)ccc1F)CC1C(C(=O)O)C21. The maximum Gasteiger partial charge on any atom is 0.307 e. The molecular formula is C33H37FO6. The minimum atomic E-state index is -0.735. The molecule has 2 fully saturated rings. The van der Waals surface area contributed by atoms with Crippen molar-refractivity contribution in [3.05, 3.63) is 88.3 Å². The standard InChI is InChI=1S/C33H37FO6/c1-18-5-7-25-22(12-26-30(25)31(26)32(37)38)13-28(18)39-14-23-11-21(6-8-27(23)34)29-19(2)9-24(10-20(29)3)40-17-33(4,15-35)16-36/h6-11,13,26,28,30-31,35-36H,1,5,12,14-17H2,2-4H3,(H,37,38). The molecule has 4 atom stereocenters. The average molecular weight is 549 g/mol. The van der Waals surface area contributed by atoms with Gasteiger partial charge in [0, 0.05) is 16.9 Å². The van der Waals surface area contributed by atoms with Gasteiger partial charge in [-0.15, -0.1) is 0 Å². The molecule has 0 amide bonds. The van der Waals surface area contributed by atoms with E-state index in [1.807, 2.05) is 38.1 Å². The lowest BCUT2D eigenvalue weighted by molar-refractivity contribution is -0.139. The Labute approximate surface area is 234 Å². The molecule has 3 aliphatic carbocycles. The Morgan fingerprint density at radius 1 is 1.15 bits per heavy atom. The topological polar surface area (TPSA) is 96.2 Å². The number of allylic oxidation sites excluding steroid dienone is 3. The summed E-state index contributed by atoms with van der Waals surface area (Å²) in [4.78, 5) is 11.5. The van der Waals surface area contributed by atoms with E-state index in [2.05, 4.69) is 12.7 Å². The highest BCUT2D eigenvalue weighted by Crippen LogP contribution is 2.63. The van der Waals surface area contributed by atoms with Crippen LogP contribution in [0, 0.1) is 42.8 Å². The largest absolute Gasteiger partial charge is 0.493 e. The summed E-state index contributed by atoms with van der Waals surface area (Å²) < 4.78 is 27.0. The van der Waals surface area contributed by atoms with Crippen molar-refractivity contribution in [3.63, 3.8) is 0 Å². The Kier molecular flexibility index (Phi) is 7.75. The van der Waals surface area contributed by atoms with Crippen molar-refractivity contribution >= 4 is 5.97 Å². The molecule has 2 saturated carbocycles. The number of ether oxygens (including phenoxy) is 2. The Morgan fingerprint density at radius 3 is 2.50 bits per heavy atom. The molecule has 2 aromatic rings. The van der Waals surface area contributed by atoms with E-state index in [0.717, 1.165) is 45.4 Å². The molecule has 40 heavy (non-hydrogen) atoms. The van der Waals surface area contributed by atoms with Crippen LogP contribution in [0.25, 0.3) is 11.1 Å². The Morgan fingerprint density at radius 2 is 1.85 bits per heavy atom. The van der Waals surface area contributed by atoms with Gasteiger partial charge in [0.15, 0.2) is 0 Å². The third-order valence-corrected chi connectivity index (χ3v) is 8.59. The van der Waals surface area contributed by atoms with Crippen LogP contribution in [0.4, 0.5) is 4.39 Å². The number of aliphatic hydroxyl groups excluding tert-OH is 2. The maximum absolute atomic E-state index is 14.9. The van der Waals surface area contributed by atoms with Crippen LogP contribution in [0.3, 0.4) is 0 Å². The zero-order valence-electron chi connectivity index (χ0n) is 23.2. The number of carboxylic acid groups (broad SMARTS) is 1. The number of benzene rings is 2. The fourth-order valence-electron chi connectivity index (χ4n) is 6.11. The second-order valence-electron chi connectivity index (χ2n) is 11.9. The van der Waals surface area contributed by atoms with Gasteiger partial charge in [-0.1, -0.05) is 25.6 Å². The summed E-state index contributed by atoms with van der Waals surface area (Å²) in [5.41, 5.74) is 6.61. The van der Waals surface area contributed by atoms with Crippen molar-refractivity contribution in [1.29, 1.82) is 0 Å². The van der Waals surface area contributed by atoms with E-state index in [-0.39, 0.29) is 56.1 Å². The molecule has 3 aliphatic rings. The van der Waals surface area contributed by atoms with Crippen molar-refractivity contribution < 1.29 is 34.0 Å². The summed E-state index contributed by atoms with van der Waals surface area (Å²) in [7, 11) is 0. The number of halogens is 1. The van der Waals surface area contributed by atoms with Crippen LogP contribution in [0.5, 0.6) is 5.75 Å². The predicted octanol–water partition coefficient (Wildman–Crippen LogP) is 5.53. The van der Waals surface area contributed by atoms with Crippen molar-refractivity contribution in [2.24, 2.45) is 23.2 Å². The first-order chi connectivity index (χ1) is 19.0. The number of aliphatic carboxylic acids is 1. The van der Waals surface area contributed by atoms with Crippen molar-refractivity contribution in [1.82, 2.24) is 0 Å². The average Bonchev–Trinajstić information content (AvgIpc) is 3.57. The van der Waals surface area contributed by atoms with E-state index >= 15 is 0 Å². The molecular weight excluding hydrogens is 511 g/mol. The van der Waals surface area contributed by atoms with Gasteiger partial charge in [0.1, 0.15) is 11.6 Å². The summed E-state index contributed by atoms with van der Waals surface area (Å²) in [5, 5.41) is 28.5. The number of aliphatic hydroxyl groups is 2. The minimum Gasteiger partial charge on any atom is -0.493 e. The van der Waals surface area contributed by atoms with Gasteiger partial charge < -0.3 is 24.8 Å². The number of aryl methyl sites for hydroxylation is 2. The summed E-state index contributed by atoms with van der Waals surface area (Å²) in [6.07, 6.45) is 5.12. The third-order valence-electron chi connectivity index (χ3n) is 8.59. The second-order valence-corrected chi connectivity index (χ2v) is 11.9. The number of hydrogen-bond acceptors (Lipinski definition) is 5. The summed E-state index contributed by atoms with van der Waals surface area (Å²) in [6.45, 7) is 9.77. The van der Waals surface area contributed by atoms with E-state index < -0.39 is 11.4 Å². The zero-order valence-corrected chi connectivity index (χ0v) is 23.2. The van der Waals surface area contributed by atoms with Crippen LogP contribution >= 0.6 is 0 Å². The molecule has 5 rings (SSSR count). The van der Waals surface area contributed by atoms with E-state index in [4.69, 9.17) is 9.47 Å². The lowest BCUT2D eigenvalue weighted by Gasteiger charge is -2.25. The van der Waals surface area contributed by atoms with Gasteiger partial charge in [-0.2, -0.15) is 0 Å². The molecule has 0 bridgehead atoms. The van der Waals surface area contributed by atoms with E-state index in [1.54, 1.807) is 13.0 Å². The lowest BCUT2D eigenvalue weighted by Crippen LogP contribution is -2.33. The Balaban J connectivity index is 1.30. The number of carbonyl (C=O) groups is 1. The second kappa shape index (κ2) is 11.0. The molecule has 0 saturated heterocycles. The number of hydrogen-bond donors (Lipinski definition) is 3. The van der Waals surface area contributed by atoms with Crippen molar-refractivity contribution in [2.75, 3.05) is 19.8 Å². The van der Waals surface area contributed by atoms with Gasteiger partial charge in [0.05, 0.1) is 38.4 Å². The molecule has 3 N–H and O–H groups in total. The molecule has 212 valence electrons. The van der Waals surface area contributed by atoms with Gasteiger partial charge in [-0.05, 0) is 102 Å². The molecule has 2 aromatic carbocycles. The van der Waals surface area contributed by atoms with Crippen molar-refractivity contribution in [3.8, 4) is 16.9 Å². The highest BCUT2D eigenvalue weighted by atomic mass is 19.1. The van der Waals surface area contributed by atoms with Gasteiger partial charge >= 0.3 is 5.97 Å². The van der Waals surface area contributed by atoms with Crippen LogP contribution in [-0.2, 0) is 16.1 Å². The van der Waals surface area contributed by atoms with Crippen LogP contribution in [-0.4, -0.2) is 47.2 Å². The first kappa shape index (κ1) is 28.3. The summed E-state index contributed by atoms with van der Waals surface area (Å²) in [6, 6.07) is 8.85. The maximum atomic E-state index is 14.9. The monoisotopic (exact) mass is 548 g/mol. The summed E-state index contributed by atoms with van der Waals surface area (Å²) >= 11 is 0. The highest BCUT2D eigenvalue weighted by molar-refractivity contribution is 5.77. The normalized spacial score (nSPS) is 23.6. The highest BCUT2D eigenvalue weighted by Gasteiger charge is 2.61. The first-order valence-electron chi connectivity index (χ1n) is 13.7. The minimum absolute atomic E-state index is 0.0767. The van der Waals surface area contributed by atoms with E-state index in [1.165, 1.54) is 6.07 Å². The molecule has 0 aromatic heterocycles. The van der Waals surface area contributed by atoms with Crippen LogP contribution in [0.2, 0.25) is 0 Å². The molecule has 4 unspecified atom stereocenters. The quantitative estimate of drug-likeness (QED) is 0.338. The fourth-order valence-corrected chi connectivity index (χ4v) is 6.11. The van der Waals surface area contributed by atoms with E-state index in [9.17, 15) is 24.5 Å². The molecule has 0 radical (unpaired) electrons. The number of carboxylic acids is 1. The lowest BCUT2D eigenvalue weighted by atomic mass is 9.93. The van der Waals surface area contributed by atoms with E-state index in [0.29, 0.717) is 17.7 Å². The fraction of sp³-hybridized carbons (Fsp3) is 0.424. The van der Waals surface area contributed by atoms with Gasteiger partial charge in [-0.25, -0.2) is 4.39 Å². The van der Waals surface area contributed by atoms with Gasteiger partial charge in [0.2, 0.25) is 0 Å².